The predicted octanol–water partition coefficient (Wildman–Crippen LogP) is 3.18. The summed E-state index contributed by atoms with van der Waals surface area (Å²) in [6.45, 7) is 3.44. The zero-order valence-electron chi connectivity index (χ0n) is 10.6. The minimum atomic E-state index is -0.404. The van der Waals surface area contributed by atoms with Crippen LogP contribution in [0.3, 0.4) is 0 Å². The van der Waals surface area contributed by atoms with Crippen LogP contribution in [-0.2, 0) is 4.74 Å². The first-order valence-electron chi connectivity index (χ1n) is 6.47. The fourth-order valence-electron chi connectivity index (χ4n) is 2.29. The molecule has 4 heteroatoms. The van der Waals surface area contributed by atoms with Gasteiger partial charge in [0.1, 0.15) is 11.6 Å². The fourth-order valence-corrected chi connectivity index (χ4v) is 2.29. The Balaban J connectivity index is 1.83. The van der Waals surface area contributed by atoms with E-state index in [1.165, 1.54) is 12.1 Å². The Morgan fingerprint density at radius 3 is 3.00 bits per heavy atom. The molecule has 0 saturated carbocycles. The normalized spacial score (nSPS) is 21.2. The lowest BCUT2D eigenvalue weighted by Crippen LogP contribution is -2.24. The van der Waals surface area contributed by atoms with E-state index >= 15 is 0 Å². The summed E-state index contributed by atoms with van der Waals surface area (Å²) < 4.78 is 32.1. The van der Waals surface area contributed by atoms with Crippen LogP contribution in [0, 0.1) is 11.6 Å². The molecule has 0 radical (unpaired) electrons. The van der Waals surface area contributed by atoms with Gasteiger partial charge >= 0.3 is 0 Å². The van der Waals surface area contributed by atoms with Crippen molar-refractivity contribution < 1.29 is 13.5 Å². The molecule has 1 fully saturated rings. The Morgan fingerprint density at radius 1 is 1.44 bits per heavy atom. The lowest BCUT2D eigenvalue weighted by atomic mass is 10.1. The molecule has 0 spiro atoms. The molecule has 18 heavy (non-hydrogen) atoms. The average molecular weight is 255 g/mol. The molecule has 100 valence electrons. The lowest BCUT2D eigenvalue weighted by molar-refractivity contribution is 0.103. The third kappa shape index (κ3) is 3.50. The van der Waals surface area contributed by atoms with Crippen molar-refractivity contribution in [1.82, 2.24) is 5.32 Å². The molecule has 0 aromatic heterocycles. The van der Waals surface area contributed by atoms with E-state index in [1.807, 2.05) is 6.92 Å². The van der Waals surface area contributed by atoms with Crippen LogP contribution in [0.1, 0.15) is 37.8 Å². The van der Waals surface area contributed by atoms with Crippen LogP contribution >= 0.6 is 0 Å². The molecule has 2 rings (SSSR count). The molecule has 1 aromatic rings. The van der Waals surface area contributed by atoms with E-state index in [2.05, 4.69) is 5.32 Å². The first kappa shape index (κ1) is 13.4. The van der Waals surface area contributed by atoms with Crippen LogP contribution in [0.2, 0.25) is 0 Å². The zero-order chi connectivity index (χ0) is 13.0. The number of nitrogens with one attached hydrogen (secondary N) is 1. The molecule has 0 bridgehead atoms. The molecule has 1 aromatic carbocycles. The van der Waals surface area contributed by atoms with Crippen LogP contribution in [0.5, 0.6) is 0 Å². The second kappa shape index (κ2) is 6.25. The highest BCUT2D eigenvalue weighted by Gasteiger charge is 2.16. The van der Waals surface area contributed by atoms with Gasteiger partial charge in [-0.3, -0.25) is 0 Å². The van der Waals surface area contributed by atoms with Gasteiger partial charge in [0.15, 0.2) is 0 Å². The molecule has 1 heterocycles. The summed E-state index contributed by atoms with van der Waals surface area (Å²) in [4.78, 5) is 0. The van der Waals surface area contributed by atoms with Gasteiger partial charge in [-0.1, -0.05) is 0 Å². The standard InChI is InChI=1S/C14H19F2NO/c1-10(13-9-11(15)4-5-14(13)16)17-7-6-12-3-2-8-18-12/h4-5,9-10,12,17H,2-3,6-8H2,1H3. The van der Waals surface area contributed by atoms with Crippen molar-refractivity contribution in [1.29, 1.82) is 0 Å². The van der Waals surface area contributed by atoms with Crippen LogP contribution in [0.25, 0.3) is 0 Å². The lowest BCUT2D eigenvalue weighted by Gasteiger charge is -2.16. The molecule has 2 nitrogen and oxygen atoms in total. The van der Waals surface area contributed by atoms with Crippen molar-refractivity contribution in [3.63, 3.8) is 0 Å². The number of hydrogen-bond acceptors (Lipinski definition) is 2. The second-order valence-electron chi connectivity index (χ2n) is 4.77. The van der Waals surface area contributed by atoms with E-state index in [4.69, 9.17) is 4.74 Å². The highest BCUT2D eigenvalue weighted by molar-refractivity contribution is 5.21. The summed E-state index contributed by atoms with van der Waals surface area (Å²) in [7, 11) is 0. The van der Waals surface area contributed by atoms with Gasteiger partial charge in [0.25, 0.3) is 0 Å². The highest BCUT2D eigenvalue weighted by atomic mass is 19.1. The Hall–Kier alpha value is -1.00. The van der Waals surface area contributed by atoms with E-state index in [1.54, 1.807) is 0 Å². The van der Waals surface area contributed by atoms with Gasteiger partial charge in [0, 0.05) is 18.2 Å². The monoisotopic (exact) mass is 255 g/mol. The van der Waals surface area contributed by atoms with Crippen molar-refractivity contribution in [3.05, 3.63) is 35.4 Å². The summed E-state index contributed by atoms with van der Waals surface area (Å²) in [5, 5.41) is 3.21. The maximum Gasteiger partial charge on any atom is 0.128 e. The number of hydrogen-bond donors (Lipinski definition) is 1. The molecule has 2 atom stereocenters. The van der Waals surface area contributed by atoms with Gasteiger partial charge in [-0.25, -0.2) is 8.78 Å². The number of rotatable bonds is 5. The minimum absolute atomic E-state index is 0.192. The minimum Gasteiger partial charge on any atom is -0.378 e. The van der Waals surface area contributed by atoms with Crippen LogP contribution in [-0.4, -0.2) is 19.3 Å². The third-order valence-electron chi connectivity index (χ3n) is 3.37. The van der Waals surface area contributed by atoms with Crippen LogP contribution < -0.4 is 5.32 Å². The summed E-state index contributed by atoms with van der Waals surface area (Å²) in [5.41, 5.74) is 0.377. The average Bonchev–Trinajstić information content (AvgIpc) is 2.85. The largest absolute Gasteiger partial charge is 0.378 e. The van der Waals surface area contributed by atoms with Crippen molar-refractivity contribution in [3.8, 4) is 0 Å². The van der Waals surface area contributed by atoms with Crippen molar-refractivity contribution in [2.24, 2.45) is 0 Å². The van der Waals surface area contributed by atoms with Gasteiger partial charge in [-0.2, -0.15) is 0 Å². The SMILES string of the molecule is CC(NCCC1CCCO1)c1cc(F)ccc1F. The van der Waals surface area contributed by atoms with E-state index in [0.717, 1.165) is 38.5 Å². The van der Waals surface area contributed by atoms with Crippen molar-refractivity contribution in [2.75, 3.05) is 13.2 Å². The summed E-state index contributed by atoms with van der Waals surface area (Å²) in [5.74, 6) is -0.771. The van der Waals surface area contributed by atoms with Crippen molar-refractivity contribution >= 4 is 0 Å². The van der Waals surface area contributed by atoms with Gasteiger partial charge in [-0.05, 0) is 50.9 Å². The molecule has 0 amide bonds. The van der Waals surface area contributed by atoms with E-state index < -0.39 is 5.82 Å². The maximum atomic E-state index is 13.5. The Bertz CT molecular complexity index is 391. The Morgan fingerprint density at radius 2 is 2.28 bits per heavy atom. The van der Waals surface area contributed by atoms with E-state index in [0.29, 0.717) is 11.7 Å². The Kier molecular flexibility index (Phi) is 4.66. The van der Waals surface area contributed by atoms with Gasteiger partial charge in [0.2, 0.25) is 0 Å². The van der Waals surface area contributed by atoms with Gasteiger partial charge in [0.05, 0.1) is 6.10 Å². The molecule has 1 N–H and O–H groups in total. The van der Waals surface area contributed by atoms with Crippen LogP contribution in [0.15, 0.2) is 18.2 Å². The van der Waals surface area contributed by atoms with Gasteiger partial charge in [-0.15, -0.1) is 0 Å². The number of ether oxygens (including phenoxy) is 1. The second-order valence-corrected chi connectivity index (χ2v) is 4.77. The number of halogens is 2. The summed E-state index contributed by atoms with van der Waals surface area (Å²) in [6.07, 6.45) is 3.46. The van der Waals surface area contributed by atoms with Gasteiger partial charge < -0.3 is 10.1 Å². The molecule has 0 aliphatic carbocycles. The fraction of sp³-hybridized carbons (Fsp3) is 0.571. The first-order chi connectivity index (χ1) is 8.66. The number of benzene rings is 1. The smallest absolute Gasteiger partial charge is 0.128 e. The Labute approximate surface area is 106 Å². The zero-order valence-corrected chi connectivity index (χ0v) is 10.6. The summed E-state index contributed by atoms with van der Waals surface area (Å²) in [6, 6.07) is 3.36. The highest BCUT2D eigenvalue weighted by Crippen LogP contribution is 2.19. The van der Waals surface area contributed by atoms with Crippen molar-refractivity contribution in [2.45, 2.75) is 38.3 Å². The quantitative estimate of drug-likeness (QED) is 0.872. The first-order valence-corrected chi connectivity index (χ1v) is 6.47. The maximum absolute atomic E-state index is 13.5. The predicted molar refractivity (Wildman–Crippen MR) is 66.4 cm³/mol. The van der Waals surface area contributed by atoms with E-state index in [9.17, 15) is 8.78 Å². The topological polar surface area (TPSA) is 21.3 Å². The molecular formula is C14H19F2NO. The van der Waals surface area contributed by atoms with E-state index in [-0.39, 0.29) is 11.9 Å². The molecular weight excluding hydrogens is 236 g/mol. The third-order valence-corrected chi connectivity index (χ3v) is 3.37. The summed E-state index contributed by atoms with van der Waals surface area (Å²) >= 11 is 0. The molecule has 1 saturated heterocycles. The molecule has 1 aliphatic rings. The van der Waals surface area contributed by atoms with Crippen LogP contribution in [0.4, 0.5) is 8.78 Å². The molecule has 1 aliphatic heterocycles. The molecule has 2 unspecified atom stereocenters.